The van der Waals surface area contributed by atoms with Gasteiger partial charge in [0.15, 0.2) is 0 Å². The van der Waals surface area contributed by atoms with E-state index in [1.54, 1.807) is 23.5 Å². The smallest absolute Gasteiger partial charge is 0.270 e. The Kier molecular flexibility index (Phi) is 6.11. The van der Waals surface area contributed by atoms with Gasteiger partial charge < -0.3 is 10.2 Å². The van der Waals surface area contributed by atoms with Gasteiger partial charge >= 0.3 is 0 Å². The summed E-state index contributed by atoms with van der Waals surface area (Å²) in [7, 11) is 0. The lowest BCUT2D eigenvalue weighted by Gasteiger charge is -2.31. The van der Waals surface area contributed by atoms with Crippen LogP contribution in [0.3, 0.4) is 0 Å². The molecule has 0 bridgehead atoms. The number of thiophene rings is 1. The molecule has 2 heterocycles. The minimum Gasteiger partial charge on any atom is -0.337 e. The SMILES string of the molecule is Cc1ccc(C(=O)NC(=Cc2cccs2)C(=O)N2CCC[C@H](C)C2)cc1C. The topological polar surface area (TPSA) is 49.4 Å². The van der Waals surface area contributed by atoms with E-state index in [-0.39, 0.29) is 11.8 Å². The van der Waals surface area contributed by atoms with E-state index in [9.17, 15) is 9.59 Å². The predicted molar refractivity (Wildman–Crippen MR) is 111 cm³/mol. The highest BCUT2D eigenvalue weighted by Crippen LogP contribution is 2.20. The van der Waals surface area contributed by atoms with E-state index in [1.807, 2.05) is 48.4 Å². The maximum absolute atomic E-state index is 13.1. The number of carbonyl (C=O) groups is 2. The van der Waals surface area contributed by atoms with E-state index in [0.717, 1.165) is 41.9 Å². The minimum absolute atomic E-state index is 0.105. The number of piperidine rings is 1. The highest BCUT2D eigenvalue weighted by Gasteiger charge is 2.25. The van der Waals surface area contributed by atoms with Gasteiger partial charge in [0.2, 0.25) is 0 Å². The van der Waals surface area contributed by atoms with Gasteiger partial charge in [-0.2, -0.15) is 0 Å². The molecule has 1 atom stereocenters. The number of amides is 2. The molecule has 142 valence electrons. The van der Waals surface area contributed by atoms with E-state index in [1.165, 1.54) is 0 Å². The van der Waals surface area contributed by atoms with Crippen LogP contribution in [0.5, 0.6) is 0 Å². The zero-order chi connectivity index (χ0) is 19.4. The van der Waals surface area contributed by atoms with Crippen molar-refractivity contribution in [2.24, 2.45) is 5.92 Å². The standard InChI is InChI=1S/C22H26N2O2S/c1-15-6-4-10-24(14-15)22(26)20(13-19-7-5-11-27-19)23-21(25)18-9-8-16(2)17(3)12-18/h5,7-9,11-13,15H,4,6,10,14H2,1-3H3,(H,23,25)/t15-/m0/s1. The van der Waals surface area contributed by atoms with Crippen molar-refractivity contribution in [1.82, 2.24) is 10.2 Å². The van der Waals surface area contributed by atoms with Crippen molar-refractivity contribution in [2.45, 2.75) is 33.6 Å². The van der Waals surface area contributed by atoms with E-state index >= 15 is 0 Å². The average molecular weight is 383 g/mol. The maximum atomic E-state index is 13.1. The number of nitrogens with zero attached hydrogens (tertiary/aromatic N) is 1. The van der Waals surface area contributed by atoms with Crippen LogP contribution in [0.15, 0.2) is 41.4 Å². The Labute approximate surface area is 164 Å². The fourth-order valence-electron chi connectivity index (χ4n) is 3.29. The number of hydrogen-bond acceptors (Lipinski definition) is 3. The van der Waals surface area contributed by atoms with E-state index < -0.39 is 0 Å². The van der Waals surface area contributed by atoms with Gasteiger partial charge in [0.25, 0.3) is 11.8 Å². The first kappa shape index (κ1) is 19.4. The zero-order valence-corrected chi connectivity index (χ0v) is 16.9. The number of carbonyl (C=O) groups excluding carboxylic acids is 2. The summed E-state index contributed by atoms with van der Waals surface area (Å²) in [5.74, 6) is 0.132. The number of aryl methyl sites for hydroxylation is 2. The molecule has 0 unspecified atom stereocenters. The van der Waals surface area contributed by atoms with Gasteiger partial charge in [0, 0.05) is 23.5 Å². The third kappa shape index (κ3) is 4.86. The van der Waals surface area contributed by atoms with Crippen molar-refractivity contribution in [3.63, 3.8) is 0 Å². The van der Waals surface area contributed by atoms with Gasteiger partial charge in [-0.1, -0.05) is 19.1 Å². The number of hydrogen-bond donors (Lipinski definition) is 1. The highest BCUT2D eigenvalue weighted by atomic mass is 32.1. The molecule has 5 heteroatoms. The summed E-state index contributed by atoms with van der Waals surface area (Å²) in [4.78, 5) is 28.7. The van der Waals surface area contributed by atoms with Crippen LogP contribution in [0.25, 0.3) is 6.08 Å². The molecule has 0 aliphatic carbocycles. The third-order valence-electron chi connectivity index (χ3n) is 5.02. The molecule has 1 aliphatic rings. The van der Waals surface area contributed by atoms with Gasteiger partial charge in [-0.05, 0) is 73.4 Å². The molecule has 0 saturated carbocycles. The monoisotopic (exact) mass is 382 g/mol. The lowest BCUT2D eigenvalue weighted by Crippen LogP contribution is -2.43. The Morgan fingerprint density at radius 3 is 2.70 bits per heavy atom. The van der Waals surface area contributed by atoms with Gasteiger partial charge in [0.1, 0.15) is 5.70 Å². The van der Waals surface area contributed by atoms with Gasteiger partial charge in [-0.3, -0.25) is 9.59 Å². The Balaban J connectivity index is 1.84. The molecule has 27 heavy (non-hydrogen) atoms. The molecule has 1 aromatic heterocycles. The van der Waals surface area contributed by atoms with Gasteiger partial charge in [-0.25, -0.2) is 0 Å². The zero-order valence-electron chi connectivity index (χ0n) is 16.1. The molecule has 1 N–H and O–H groups in total. The van der Waals surface area contributed by atoms with Crippen LogP contribution >= 0.6 is 11.3 Å². The molecular weight excluding hydrogens is 356 g/mol. The van der Waals surface area contributed by atoms with Crippen molar-refractivity contribution in [2.75, 3.05) is 13.1 Å². The normalized spacial score (nSPS) is 17.7. The average Bonchev–Trinajstić information content (AvgIpc) is 3.16. The maximum Gasteiger partial charge on any atom is 0.270 e. The lowest BCUT2D eigenvalue weighted by atomic mass is 10.00. The fourth-order valence-corrected chi connectivity index (χ4v) is 3.95. The van der Waals surface area contributed by atoms with Crippen molar-refractivity contribution in [3.05, 3.63) is 63.0 Å². The van der Waals surface area contributed by atoms with E-state index in [0.29, 0.717) is 17.2 Å². The van der Waals surface area contributed by atoms with Crippen LogP contribution < -0.4 is 5.32 Å². The van der Waals surface area contributed by atoms with Crippen LogP contribution in [0.4, 0.5) is 0 Å². The molecular formula is C22H26N2O2S. The second kappa shape index (κ2) is 8.53. The van der Waals surface area contributed by atoms with E-state index in [4.69, 9.17) is 0 Å². The van der Waals surface area contributed by atoms with Gasteiger partial charge in [-0.15, -0.1) is 11.3 Å². The van der Waals surface area contributed by atoms with Crippen LogP contribution in [0.2, 0.25) is 0 Å². The van der Waals surface area contributed by atoms with Crippen molar-refractivity contribution >= 4 is 29.2 Å². The number of rotatable bonds is 4. The lowest BCUT2D eigenvalue weighted by molar-refractivity contribution is -0.129. The molecule has 2 aromatic rings. The summed E-state index contributed by atoms with van der Waals surface area (Å²) in [5.41, 5.74) is 3.10. The number of nitrogens with one attached hydrogen (secondary N) is 1. The molecule has 0 spiro atoms. The first-order valence-electron chi connectivity index (χ1n) is 9.37. The van der Waals surface area contributed by atoms with Crippen LogP contribution in [0.1, 0.15) is 46.1 Å². The second-order valence-corrected chi connectivity index (χ2v) is 8.30. The molecule has 1 aromatic carbocycles. The fraction of sp³-hybridized carbons (Fsp3) is 0.364. The van der Waals surface area contributed by atoms with Crippen molar-refractivity contribution in [3.8, 4) is 0 Å². The van der Waals surface area contributed by atoms with Gasteiger partial charge in [0.05, 0.1) is 0 Å². The molecule has 2 amide bonds. The number of likely N-dealkylation sites (tertiary alicyclic amines) is 1. The van der Waals surface area contributed by atoms with Crippen molar-refractivity contribution in [1.29, 1.82) is 0 Å². The highest BCUT2D eigenvalue weighted by molar-refractivity contribution is 7.10. The predicted octanol–water partition coefficient (Wildman–Crippen LogP) is 4.39. The Bertz CT molecular complexity index is 855. The van der Waals surface area contributed by atoms with Crippen LogP contribution in [0, 0.1) is 19.8 Å². The summed E-state index contributed by atoms with van der Waals surface area (Å²) in [6.45, 7) is 7.63. The van der Waals surface area contributed by atoms with Crippen molar-refractivity contribution < 1.29 is 9.59 Å². The Hall–Kier alpha value is -2.40. The molecule has 1 saturated heterocycles. The summed E-state index contributed by atoms with van der Waals surface area (Å²) in [6.07, 6.45) is 3.93. The first-order chi connectivity index (χ1) is 12.9. The Morgan fingerprint density at radius 2 is 2.04 bits per heavy atom. The van der Waals surface area contributed by atoms with E-state index in [2.05, 4.69) is 12.2 Å². The van der Waals surface area contributed by atoms with Crippen LogP contribution in [-0.2, 0) is 4.79 Å². The summed E-state index contributed by atoms with van der Waals surface area (Å²) in [5, 5.41) is 4.83. The van der Waals surface area contributed by atoms with Crippen LogP contribution in [-0.4, -0.2) is 29.8 Å². The summed E-state index contributed by atoms with van der Waals surface area (Å²) >= 11 is 1.54. The summed E-state index contributed by atoms with van der Waals surface area (Å²) < 4.78 is 0. The third-order valence-corrected chi connectivity index (χ3v) is 5.84. The number of benzene rings is 1. The largest absolute Gasteiger partial charge is 0.337 e. The first-order valence-corrected chi connectivity index (χ1v) is 10.2. The quantitative estimate of drug-likeness (QED) is 0.797. The molecule has 3 rings (SSSR count). The molecule has 0 radical (unpaired) electrons. The molecule has 4 nitrogen and oxygen atoms in total. The Morgan fingerprint density at radius 1 is 1.22 bits per heavy atom. The minimum atomic E-state index is -0.251. The molecule has 1 aliphatic heterocycles. The molecule has 1 fully saturated rings. The summed E-state index contributed by atoms with van der Waals surface area (Å²) in [6, 6.07) is 9.47. The second-order valence-electron chi connectivity index (χ2n) is 7.33.